The van der Waals surface area contributed by atoms with Crippen molar-refractivity contribution in [3.8, 4) is 17.0 Å². The zero-order valence-electron chi connectivity index (χ0n) is 14.7. The maximum atomic E-state index is 12.3. The molecule has 1 aromatic heterocycles. The van der Waals surface area contributed by atoms with E-state index in [0.29, 0.717) is 22.8 Å². The van der Waals surface area contributed by atoms with Gasteiger partial charge in [-0.3, -0.25) is 5.32 Å². The largest absolute Gasteiger partial charge is 0.417 e. The smallest absolute Gasteiger partial charge is 0.410 e. The Labute approximate surface area is 152 Å². The summed E-state index contributed by atoms with van der Waals surface area (Å²) in [6.45, 7) is 3.64. The molecule has 2 aromatic carbocycles. The van der Waals surface area contributed by atoms with Crippen LogP contribution in [-0.2, 0) is 6.61 Å². The average Bonchev–Trinajstić information content (AvgIpc) is 2.64. The minimum Gasteiger partial charge on any atom is -0.410 e. The van der Waals surface area contributed by atoms with Gasteiger partial charge in [-0.15, -0.1) is 0 Å². The van der Waals surface area contributed by atoms with Gasteiger partial charge in [0.15, 0.2) is 0 Å². The highest BCUT2D eigenvalue weighted by Gasteiger charge is 2.14. The van der Waals surface area contributed by atoms with Gasteiger partial charge in [-0.05, 0) is 37.6 Å². The van der Waals surface area contributed by atoms with Crippen LogP contribution in [-0.4, -0.2) is 16.2 Å². The molecule has 132 valence electrons. The Hall–Kier alpha value is -3.18. The van der Waals surface area contributed by atoms with E-state index in [4.69, 9.17) is 4.74 Å². The molecule has 26 heavy (non-hydrogen) atoms. The highest BCUT2D eigenvalue weighted by molar-refractivity contribution is 5.91. The maximum Gasteiger partial charge on any atom is 0.417 e. The SMILES string of the molecule is Cc1ccc(OC(=O)Nc2cc(C)c(CO)nc2-c2ccccc2)cc1. The van der Waals surface area contributed by atoms with E-state index in [-0.39, 0.29) is 6.61 Å². The molecule has 0 aliphatic rings. The summed E-state index contributed by atoms with van der Waals surface area (Å²) in [5, 5.41) is 12.3. The topological polar surface area (TPSA) is 71.5 Å². The number of rotatable bonds is 4. The molecule has 0 aliphatic heterocycles. The van der Waals surface area contributed by atoms with Crippen LogP contribution in [0.4, 0.5) is 10.5 Å². The summed E-state index contributed by atoms with van der Waals surface area (Å²) < 4.78 is 5.33. The average molecular weight is 348 g/mol. The molecular weight excluding hydrogens is 328 g/mol. The number of carbonyl (C=O) groups excluding carboxylic acids is 1. The van der Waals surface area contributed by atoms with E-state index in [1.807, 2.05) is 56.3 Å². The minimum atomic E-state index is -0.594. The number of carbonyl (C=O) groups is 1. The number of hydrogen-bond donors (Lipinski definition) is 2. The predicted octanol–water partition coefficient (Wildman–Crippen LogP) is 4.47. The van der Waals surface area contributed by atoms with E-state index in [2.05, 4.69) is 10.3 Å². The number of hydrogen-bond acceptors (Lipinski definition) is 4. The molecule has 0 saturated carbocycles. The first kappa shape index (κ1) is 17.6. The van der Waals surface area contributed by atoms with Crippen LogP contribution in [0.3, 0.4) is 0 Å². The molecule has 3 aromatic rings. The molecule has 0 saturated heterocycles. The number of aryl methyl sites for hydroxylation is 2. The van der Waals surface area contributed by atoms with Gasteiger partial charge < -0.3 is 9.84 Å². The monoisotopic (exact) mass is 348 g/mol. The lowest BCUT2D eigenvalue weighted by Gasteiger charge is -2.14. The van der Waals surface area contributed by atoms with E-state index < -0.39 is 6.09 Å². The molecule has 0 spiro atoms. The van der Waals surface area contributed by atoms with Gasteiger partial charge in [0.05, 0.1) is 23.7 Å². The Morgan fingerprint density at radius 1 is 1.08 bits per heavy atom. The van der Waals surface area contributed by atoms with Crippen molar-refractivity contribution in [3.63, 3.8) is 0 Å². The number of aliphatic hydroxyl groups excluding tert-OH is 1. The minimum absolute atomic E-state index is 0.167. The molecule has 0 radical (unpaired) electrons. The normalized spacial score (nSPS) is 10.4. The number of aromatic nitrogens is 1. The van der Waals surface area contributed by atoms with E-state index >= 15 is 0 Å². The third-order valence-electron chi connectivity index (χ3n) is 3.98. The first-order valence-electron chi connectivity index (χ1n) is 8.29. The number of nitrogens with one attached hydrogen (secondary N) is 1. The summed E-state index contributed by atoms with van der Waals surface area (Å²) in [5.74, 6) is 0.464. The first-order valence-corrected chi connectivity index (χ1v) is 8.29. The van der Waals surface area contributed by atoms with Crippen LogP contribution in [0.15, 0.2) is 60.7 Å². The highest BCUT2D eigenvalue weighted by Crippen LogP contribution is 2.28. The molecule has 2 N–H and O–H groups in total. The fourth-order valence-electron chi connectivity index (χ4n) is 2.57. The van der Waals surface area contributed by atoms with Crippen molar-refractivity contribution in [2.45, 2.75) is 20.5 Å². The van der Waals surface area contributed by atoms with Crippen molar-refractivity contribution < 1.29 is 14.6 Å². The van der Waals surface area contributed by atoms with Crippen LogP contribution < -0.4 is 10.1 Å². The van der Waals surface area contributed by atoms with E-state index in [9.17, 15) is 9.90 Å². The molecule has 3 rings (SSSR count). The lowest BCUT2D eigenvalue weighted by molar-refractivity contribution is 0.215. The number of pyridine rings is 1. The zero-order valence-corrected chi connectivity index (χ0v) is 14.7. The summed E-state index contributed by atoms with van der Waals surface area (Å²) in [6, 6.07) is 18.5. The van der Waals surface area contributed by atoms with Crippen molar-refractivity contribution in [1.82, 2.24) is 4.98 Å². The van der Waals surface area contributed by atoms with E-state index in [1.165, 1.54) is 0 Å². The van der Waals surface area contributed by atoms with Gasteiger partial charge in [0.1, 0.15) is 5.75 Å². The fraction of sp³-hybridized carbons (Fsp3) is 0.143. The van der Waals surface area contributed by atoms with Crippen molar-refractivity contribution in [2.24, 2.45) is 0 Å². The Morgan fingerprint density at radius 2 is 1.77 bits per heavy atom. The van der Waals surface area contributed by atoms with Gasteiger partial charge in [-0.1, -0.05) is 48.0 Å². The molecule has 0 bridgehead atoms. The quantitative estimate of drug-likeness (QED) is 0.730. The lowest BCUT2D eigenvalue weighted by atomic mass is 10.1. The molecule has 0 unspecified atom stereocenters. The van der Waals surface area contributed by atoms with Gasteiger partial charge in [0.25, 0.3) is 0 Å². The number of nitrogens with zero attached hydrogens (tertiary/aromatic N) is 1. The third kappa shape index (κ3) is 4.07. The van der Waals surface area contributed by atoms with Crippen molar-refractivity contribution in [3.05, 3.63) is 77.5 Å². The summed E-state index contributed by atoms with van der Waals surface area (Å²) in [4.78, 5) is 16.8. The van der Waals surface area contributed by atoms with Crippen LogP contribution in [0.25, 0.3) is 11.3 Å². The molecule has 1 heterocycles. The number of benzene rings is 2. The highest BCUT2D eigenvalue weighted by atomic mass is 16.6. The van der Waals surface area contributed by atoms with Crippen molar-refractivity contribution >= 4 is 11.8 Å². The Bertz CT molecular complexity index is 907. The lowest BCUT2D eigenvalue weighted by Crippen LogP contribution is -2.18. The van der Waals surface area contributed by atoms with Gasteiger partial charge in [0.2, 0.25) is 0 Å². The van der Waals surface area contributed by atoms with Gasteiger partial charge in [-0.25, -0.2) is 9.78 Å². The Morgan fingerprint density at radius 3 is 2.42 bits per heavy atom. The van der Waals surface area contributed by atoms with Crippen LogP contribution in [0.2, 0.25) is 0 Å². The summed E-state index contributed by atoms with van der Waals surface area (Å²) >= 11 is 0. The molecule has 5 nitrogen and oxygen atoms in total. The molecule has 0 aliphatic carbocycles. The van der Waals surface area contributed by atoms with E-state index in [1.54, 1.807) is 18.2 Å². The number of anilines is 1. The van der Waals surface area contributed by atoms with Gasteiger partial charge >= 0.3 is 6.09 Å². The summed E-state index contributed by atoms with van der Waals surface area (Å²) in [5.41, 5.74) is 4.40. The number of aliphatic hydroxyl groups is 1. The molecule has 0 atom stereocenters. The second kappa shape index (κ2) is 7.80. The Balaban J connectivity index is 1.89. The summed E-state index contributed by atoms with van der Waals surface area (Å²) in [7, 11) is 0. The van der Waals surface area contributed by atoms with Crippen LogP contribution in [0.1, 0.15) is 16.8 Å². The molecule has 0 fully saturated rings. The van der Waals surface area contributed by atoms with Crippen LogP contribution in [0.5, 0.6) is 5.75 Å². The fourth-order valence-corrected chi connectivity index (χ4v) is 2.57. The standard InChI is InChI=1S/C21H20N2O3/c1-14-8-10-17(11-9-14)26-21(25)23-18-12-15(2)19(13-24)22-20(18)16-6-4-3-5-7-16/h3-12,24H,13H2,1-2H3,(H,23,25). The third-order valence-corrected chi connectivity index (χ3v) is 3.98. The van der Waals surface area contributed by atoms with Crippen molar-refractivity contribution in [2.75, 3.05) is 5.32 Å². The first-order chi connectivity index (χ1) is 12.6. The Kier molecular flexibility index (Phi) is 5.29. The van der Waals surface area contributed by atoms with E-state index in [0.717, 1.165) is 16.7 Å². The second-order valence-corrected chi connectivity index (χ2v) is 6.00. The van der Waals surface area contributed by atoms with Gasteiger partial charge in [-0.2, -0.15) is 0 Å². The number of ether oxygens (including phenoxy) is 1. The summed E-state index contributed by atoms with van der Waals surface area (Å²) in [6.07, 6.45) is -0.594. The second-order valence-electron chi connectivity index (χ2n) is 6.00. The van der Waals surface area contributed by atoms with Crippen LogP contribution >= 0.6 is 0 Å². The molecule has 1 amide bonds. The predicted molar refractivity (Wildman–Crippen MR) is 101 cm³/mol. The molecular formula is C21H20N2O3. The molecule has 5 heteroatoms. The van der Waals surface area contributed by atoms with Gasteiger partial charge in [0, 0.05) is 5.56 Å². The number of amides is 1. The maximum absolute atomic E-state index is 12.3. The van der Waals surface area contributed by atoms with Crippen molar-refractivity contribution in [1.29, 1.82) is 0 Å². The van der Waals surface area contributed by atoms with Crippen LogP contribution in [0, 0.1) is 13.8 Å². The zero-order chi connectivity index (χ0) is 18.5.